The van der Waals surface area contributed by atoms with Gasteiger partial charge in [0.15, 0.2) is 0 Å². The average Bonchev–Trinajstić information content (AvgIpc) is 2.81. The molecule has 2 fully saturated rings. The van der Waals surface area contributed by atoms with Crippen LogP contribution in [-0.2, 0) is 6.42 Å². The summed E-state index contributed by atoms with van der Waals surface area (Å²) in [5, 5.41) is 8.76. The summed E-state index contributed by atoms with van der Waals surface area (Å²) in [6.45, 7) is 3.38. The molecule has 0 radical (unpaired) electrons. The van der Waals surface area contributed by atoms with Crippen LogP contribution in [0.1, 0.15) is 64.0 Å². The predicted molar refractivity (Wildman–Crippen MR) is 140 cm³/mol. The molecule has 0 spiro atoms. The summed E-state index contributed by atoms with van der Waals surface area (Å²) < 4.78 is 26.6. The number of aryl methyl sites for hydroxylation is 1. The monoisotopic (exact) mass is 513 g/mol. The van der Waals surface area contributed by atoms with Crippen molar-refractivity contribution in [1.29, 1.82) is 0 Å². The highest BCUT2D eigenvalue weighted by molar-refractivity contribution is 5.85. The molecule has 34 heavy (non-hydrogen) atoms. The van der Waals surface area contributed by atoms with E-state index in [1.165, 1.54) is 19.3 Å². The van der Waals surface area contributed by atoms with Gasteiger partial charge in [-0.25, -0.2) is 4.39 Å². The Hall–Kier alpha value is -1.63. The third-order valence-corrected chi connectivity index (χ3v) is 6.59. The smallest absolute Gasteiger partial charge is 0.234 e. The summed E-state index contributed by atoms with van der Waals surface area (Å²) >= 11 is 0. The predicted octanol–water partition coefficient (Wildman–Crippen LogP) is 6.46. The molecular formula is C26H38Cl2FN3O2. The zero-order chi connectivity index (χ0) is 22.3. The van der Waals surface area contributed by atoms with Crippen molar-refractivity contribution in [3.05, 3.63) is 36.0 Å². The van der Waals surface area contributed by atoms with Gasteiger partial charge < -0.3 is 14.4 Å². The SMILES string of the molecule is CCCCc1nnc(O[C@H]2CCN(C)C[C@H]2F)cc1-c1ccc(OC2CCCCC2)cc1.Cl.Cl. The zero-order valence-electron chi connectivity index (χ0n) is 20.2. The van der Waals surface area contributed by atoms with E-state index in [9.17, 15) is 4.39 Å². The minimum Gasteiger partial charge on any atom is -0.490 e. The maximum Gasteiger partial charge on any atom is 0.234 e. The number of halogens is 3. The number of benzene rings is 1. The molecule has 0 amide bonds. The highest BCUT2D eigenvalue weighted by atomic mass is 35.5. The molecule has 2 aromatic rings. The highest BCUT2D eigenvalue weighted by Gasteiger charge is 2.30. The van der Waals surface area contributed by atoms with Crippen molar-refractivity contribution in [3.8, 4) is 22.8 Å². The minimum atomic E-state index is -1.02. The number of likely N-dealkylation sites (tertiary alicyclic amines) is 1. The standard InChI is InChI=1S/C26H36FN3O2.2ClH/c1-3-4-10-24-22(17-26(29-28-24)32-25-15-16-30(2)18-23(25)27)19-11-13-21(14-12-19)31-20-8-6-5-7-9-20;;/h11-14,17,20,23,25H,3-10,15-16,18H2,1-2H3;2*1H/t23-,25+;;/m1../s1. The minimum absolute atomic E-state index is 0. The molecule has 2 atom stereocenters. The van der Waals surface area contributed by atoms with Crippen molar-refractivity contribution >= 4 is 24.8 Å². The van der Waals surface area contributed by atoms with Crippen LogP contribution in [0.25, 0.3) is 11.1 Å². The first-order valence-corrected chi connectivity index (χ1v) is 12.3. The third kappa shape index (κ3) is 7.69. The lowest BCUT2D eigenvalue weighted by Crippen LogP contribution is -2.45. The van der Waals surface area contributed by atoms with Gasteiger partial charge in [-0.2, -0.15) is 5.10 Å². The van der Waals surface area contributed by atoms with Gasteiger partial charge >= 0.3 is 0 Å². The maximum atomic E-state index is 14.5. The number of unbranched alkanes of at least 4 members (excludes halogenated alkanes) is 1. The van der Waals surface area contributed by atoms with E-state index in [1.54, 1.807) is 0 Å². The quantitative estimate of drug-likeness (QED) is 0.405. The number of rotatable bonds is 8. The van der Waals surface area contributed by atoms with Crippen LogP contribution in [0.4, 0.5) is 4.39 Å². The van der Waals surface area contributed by atoms with Crippen LogP contribution in [0.5, 0.6) is 11.6 Å². The van der Waals surface area contributed by atoms with E-state index in [1.807, 2.05) is 30.1 Å². The molecule has 5 nitrogen and oxygen atoms in total. The van der Waals surface area contributed by atoms with Crippen molar-refractivity contribution in [2.75, 3.05) is 20.1 Å². The summed E-state index contributed by atoms with van der Waals surface area (Å²) in [6.07, 6.45) is 8.61. The van der Waals surface area contributed by atoms with Gasteiger partial charge in [0.2, 0.25) is 5.88 Å². The Bertz CT molecular complexity index is 866. The number of nitrogens with zero attached hydrogens (tertiary/aromatic N) is 3. The fourth-order valence-corrected chi connectivity index (χ4v) is 4.65. The fourth-order valence-electron chi connectivity index (χ4n) is 4.65. The Morgan fingerprint density at radius 2 is 1.74 bits per heavy atom. The molecule has 1 saturated carbocycles. The third-order valence-electron chi connectivity index (χ3n) is 6.59. The van der Waals surface area contributed by atoms with E-state index >= 15 is 0 Å². The number of piperidine rings is 1. The first-order chi connectivity index (χ1) is 15.6. The summed E-state index contributed by atoms with van der Waals surface area (Å²) in [6, 6.07) is 10.2. The number of alkyl halides is 1. The Labute approximate surface area is 215 Å². The van der Waals surface area contributed by atoms with Crippen LogP contribution < -0.4 is 9.47 Å². The van der Waals surface area contributed by atoms with Gasteiger partial charge in [-0.1, -0.05) is 31.9 Å². The van der Waals surface area contributed by atoms with Crippen LogP contribution in [0.2, 0.25) is 0 Å². The molecule has 8 heteroatoms. The van der Waals surface area contributed by atoms with Crippen LogP contribution in [0.15, 0.2) is 30.3 Å². The molecule has 1 aliphatic heterocycles. The molecule has 0 N–H and O–H groups in total. The molecule has 0 bridgehead atoms. The van der Waals surface area contributed by atoms with Crippen LogP contribution in [-0.4, -0.2) is 53.6 Å². The molecule has 2 aliphatic rings. The van der Waals surface area contributed by atoms with E-state index in [-0.39, 0.29) is 24.8 Å². The molecule has 1 aromatic carbocycles. The summed E-state index contributed by atoms with van der Waals surface area (Å²) in [7, 11) is 1.94. The van der Waals surface area contributed by atoms with Gasteiger partial charge in [0.05, 0.1) is 11.8 Å². The van der Waals surface area contributed by atoms with E-state index in [2.05, 4.69) is 29.3 Å². The topological polar surface area (TPSA) is 47.5 Å². The summed E-state index contributed by atoms with van der Waals surface area (Å²) in [5.74, 6) is 1.32. The van der Waals surface area contributed by atoms with Crippen LogP contribution in [0.3, 0.4) is 0 Å². The molecule has 190 valence electrons. The number of ether oxygens (including phenoxy) is 2. The van der Waals surface area contributed by atoms with E-state index in [0.29, 0.717) is 24.9 Å². The Morgan fingerprint density at radius 1 is 1.00 bits per heavy atom. The Morgan fingerprint density at radius 3 is 2.41 bits per heavy atom. The second-order valence-electron chi connectivity index (χ2n) is 9.27. The Kier molecular flexibility index (Phi) is 11.8. The van der Waals surface area contributed by atoms with Crippen molar-refractivity contribution in [3.63, 3.8) is 0 Å². The highest BCUT2D eigenvalue weighted by Crippen LogP contribution is 2.30. The maximum absolute atomic E-state index is 14.5. The number of hydrogen-bond acceptors (Lipinski definition) is 5. The van der Waals surface area contributed by atoms with Gasteiger partial charge in [-0.05, 0) is 69.7 Å². The van der Waals surface area contributed by atoms with Crippen molar-refractivity contribution in [1.82, 2.24) is 15.1 Å². The molecular weight excluding hydrogens is 476 g/mol. The van der Waals surface area contributed by atoms with Crippen molar-refractivity contribution < 1.29 is 13.9 Å². The first-order valence-electron chi connectivity index (χ1n) is 12.3. The normalized spacial score (nSPS) is 21.3. The van der Waals surface area contributed by atoms with E-state index in [4.69, 9.17) is 9.47 Å². The van der Waals surface area contributed by atoms with Gasteiger partial charge in [-0.15, -0.1) is 29.9 Å². The largest absolute Gasteiger partial charge is 0.490 e. The van der Waals surface area contributed by atoms with Crippen molar-refractivity contribution in [2.24, 2.45) is 0 Å². The first kappa shape index (κ1) is 28.6. The lowest BCUT2D eigenvalue weighted by Gasteiger charge is -2.32. The van der Waals surface area contributed by atoms with E-state index in [0.717, 1.165) is 61.2 Å². The number of aromatic nitrogens is 2. The molecule has 4 rings (SSSR count). The van der Waals surface area contributed by atoms with Crippen LogP contribution in [0, 0.1) is 0 Å². The van der Waals surface area contributed by atoms with Gasteiger partial charge in [-0.3, -0.25) is 0 Å². The second kappa shape index (κ2) is 14.1. The second-order valence-corrected chi connectivity index (χ2v) is 9.27. The lowest BCUT2D eigenvalue weighted by molar-refractivity contribution is 0.0281. The molecule has 1 saturated heterocycles. The lowest BCUT2D eigenvalue weighted by atomic mass is 9.97. The summed E-state index contributed by atoms with van der Waals surface area (Å²) in [5.41, 5.74) is 3.03. The molecule has 2 heterocycles. The number of hydrogen-bond donors (Lipinski definition) is 0. The van der Waals surface area contributed by atoms with Gasteiger partial charge in [0.1, 0.15) is 18.0 Å². The molecule has 1 aliphatic carbocycles. The molecule has 1 aromatic heterocycles. The fraction of sp³-hybridized carbons (Fsp3) is 0.615. The molecule has 0 unspecified atom stereocenters. The summed E-state index contributed by atoms with van der Waals surface area (Å²) in [4.78, 5) is 1.99. The zero-order valence-corrected chi connectivity index (χ0v) is 21.9. The Balaban J connectivity index is 0.00000204. The average molecular weight is 515 g/mol. The van der Waals surface area contributed by atoms with Gasteiger partial charge in [0, 0.05) is 24.7 Å². The van der Waals surface area contributed by atoms with Crippen LogP contribution >= 0.6 is 24.8 Å². The van der Waals surface area contributed by atoms with E-state index < -0.39 is 12.3 Å². The van der Waals surface area contributed by atoms with Gasteiger partial charge in [0.25, 0.3) is 0 Å². The van der Waals surface area contributed by atoms with Crippen molar-refractivity contribution in [2.45, 2.75) is 83.1 Å².